The summed E-state index contributed by atoms with van der Waals surface area (Å²) in [6, 6.07) is 3.60. The molecular weight excluding hydrogens is 216 g/mol. The molecule has 0 heterocycles. The van der Waals surface area contributed by atoms with Crippen molar-refractivity contribution in [3.8, 4) is 11.5 Å². The largest absolute Gasteiger partial charge is 0.507 e. The molecule has 1 aromatic rings. The minimum absolute atomic E-state index is 0.150. The van der Waals surface area contributed by atoms with Gasteiger partial charge in [0.15, 0.2) is 0 Å². The van der Waals surface area contributed by atoms with Crippen molar-refractivity contribution >= 4 is 0 Å². The van der Waals surface area contributed by atoms with Crippen LogP contribution < -0.4 is 4.74 Å². The Bertz CT molecular complexity index is 381. The van der Waals surface area contributed by atoms with Crippen LogP contribution in [0.3, 0.4) is 0 Å². The third-order valence-electron chi connectivity index (χ3n) is 3.64. The van der Waals surface area contributed by atoms with E-state index in [1.807, 2.05) is 6.07 Å². The number of aliphatic hydroxyl groups is 1. The van der Waals surface area contributed by atoms with E-state index in [-0.39, 0.29) is 12.4 Å². The van der Waals surface area contributed by atoms with Crippen LogP contribution in [-0.2, 0) is 6.61 Å². The molecule has 0 spiro atoms. The van der Waals surface area contributed by atoms with Crippen LogP contribution in [0.25, 0.3) is 0 Å². The Morgan fingerprint density at radius 1 is 1.24 bits per heavy atom. The van der Waals surface area contributed by atoms with Crippen LogP contribution in [0.2, 0.25) is 0 Å². The van der Waals surface area contributed by atoms with Crippen LogP contribution in [0.15, 0.2) is 12.1 Å². The number of ether oxygens (including phenoxy) is 1. The Hall–Kier alpha value is -1.22. The predicted octanol–water partition coefficient (Wildman–Crippen LogP) is 2.94. The summed E-state index contributed by atoms with van der Waals surface area (Å²) in [6.45, 7) is -0.150. The third kappa shape index (κ3) is 2.55. The molecule has 0 amide bonds. The van der Waals surface area contributed by atoms with E-state index in [9.17, 15) is 10.2 Å². The number of aliphatic hydroxyl groups excluding tert-OH is 1. The van der Waals surface area contributed by atoms with Crippen molar-refractivity contribution in [1.82, 2.24) is 0 Å². The Morgan fingerprint density at radius 2 is 1.94 bits per heavy atom. The molecule has 1 aliphatic rings. The minimum atomic E-state index is -0.150. The molecule has 1 aliphatic carbocycles. The highest BCUT2D eigenvalue weighted by atomic mass is 16.5. The highest BCUT2D eigenvalue weighted by Crippen LogP contribution is 2.40. The summed E-state index contributed by atoms with van der Waals surface area (Å²) in [4.78, 5) is 0. The highest BCUT2D eigenvalue weighted by molar-refractivity contribution is 5.48. The summed E-state index contributed by atoms with van der Waals surface area (Å²) in [7, 11) is 1.61. The third-order valence-corrected chi connectivity index (χ3v) is 3.64. The van der Waals surface area contributed by atoms with Gasteiger partial charge in [0.05, 0.1) is 13.7 Å². The molecule has 0 unspecified atom stereocenters. The molecule has 2 rings (SSSR count). The van der Waals surface area contributed by atoms with Crippen LogP contribution >= 0.6 is 0 Å². The fourth-order valence-corrected chi connectivity index (χ4v) is 2.65. The highest BCUT2D eigenvalue weighted by Gasteiger charge is 2.21. The first-order valence-corrected chi connectivity index (χ1v) is 6.27. The van der Waals surface area contributed by atoms with E-state index < -0.39 is 0 Å². The molecule has 0 saturated heterocycles. The average molecular weight is 236 g/mol. The molecule has 1 saturated carbocycles. The van der Waals surface area contributed by atoms with Crippen molar-refractivity contribution < 1.29 is 14.9 Å². The molecule has 0 radical (unpaired) electrons. The summed E-state index contributed by atoms with van der Waals surface area (Å²) >= 11 is 0. The number of aromatic hydroxyl groups is 1. The maximum Gasteiger partial charge on any atom is 0.124 e. The van der Waals surface area contributed by atoms with E-state index in [1.54, 1.807) is 13.2 Å². The monoisotopic (exact) mass is 236 g/mol. The Balaban J connectivity index is 2.36. The number of rotatable bonds is 3. The molecule has 3 nitrogen and oxygen atoms in total. The molecular formula is C14H20O3. The van der Waals surface area contributed by atoms with Gasteiger partial charge in [-0.25, -0.2) is 0 Å². The molecule has 2 N–H and O–H groups in total. The standard InChI is InChI=1S/C14H20O3/c1-17-12-7-11(9-15)14(16)13(8-12)10-5-3-2-4-6-10/h7-8,10,15-16H,2-6,9H2,1H3. The number of benzene rings is 1. The van der Waals surface area contributed by atoms with Crippen LogP contribution in [0.5, 0.6) is 11.5 Å². The molecule has 0 aromatic heterocycles. The van der Waals surface area contributed by atoms with Crippen molar-refractivity contribution in [2.24, 2.45) is 0 Å². The first kappa shape index (κ1) is 12.2. The fourth-order valence-electron chi connectivity index (χ4n) is 2.65. The number of hydrogen-bond donors (Lipinski definition) is 2. The molecule has 0 atom stereocenters. The van der Waals surface area contributed by atoms with Gasteiger partial charge in [-0.3, -0.25) is 0 Å². The zero-order valence-corrected chi connectivity index (χ0v) is 10.3. The fraction of sp³-hybridized carbons (Fsp3) is 0.571. The SMILES string of the molecule is COc1cc(CO)c(O)c(C2CCCCC2)c1. The second kappa shape index (κ2) is 5.41. The average Bonchev–Trinajstić information content (AvgIpc) is 2.40. The molecule has 94 valence electrons. The van der Waals surface area contributed by atoms with Crippen molar-refractivity contribution in [3.63, 3.8) is 0 Å². The van der Waals surface area contributed by atoms with E-state index in [4.69, 9.17) is 4.74 Å². The van der Waals surface area contributed by atoms with Gasteiger partial charge >= 0.3 is 0 Å². The van der Waals surface area contributed by atoms with Gasteiger partial charge in [0.2, 0.25) is 0 Å². The smallest absolute Gasteiger partial charge is 0.124 e. The van der Waals surface area contributed by atoms with Crippen LogP contribution in [0.4, 0.5) is 0 Å². The summed E-state index contributed by atoms with van der Waals surface area (Å²) in [5, 5.41) is 19.4. The molecule has 17 heavy (non-hydrogen) atoms. The lowest BCUT2D eigenvalue weighted by atomic mass is 9.83. The van der Waals surface area contributed by atoms with Gasteiger partial charge in [-0.1, -0.05) is 19.3 Å². The topological polar surface area (TPSA) is 49.7 Å². The zero-order chi connectivity index (χ0) is 12.3. The Morgan fingerprint density at radius 3 is 2.53 bits per heavy atom. The van der Waals surface area contributed by atoms with Crippen LogP contribution in [0.1, 0.15) is 49.1 Å². The summed E-state index contributed by atoms with van der Waals surface area (Å²) in [5.41, 5.74) is 1.50. The molecule has 1 aromatic carbocycles. The van der Waals surface area contributed by atoms with Crippen molar-refractivity contribution in [2.75, 3.05) is 7.11 Å². The van der Waals surface area contributed by atoms with Gasteiger partial charge in [-0.2, -0.15) is 0 Å². The molecule has 1 fully saturated rings. The van der Waals surface area contributed by atoms with Crippen LogP contribution in [0, 0.1) is 0 Å². The number of methoxy groups -OCH3 is 1. The second-order valence-corrected chi connectivity index (χ2v) is 4.72. The maximum absolute atomic E-state index is 10.1. The second-order valence-electron chi connectivity index (χ2n) is 4.72. The number of phenols is 1. The van der Waals surface area contributed by atoms with Gasteiger partial charge in [-0.05, 0) is 30.9 Å². The van der Waals surface area contributed by atoms with E-state index in [0.29, 0.717) is 17.2 Å². The van der Waals surface area contributed by atoms with Crippen molar-refractivity contribution in [2.45, 2.75) is 44.6 Å². The Labute approximate surface area is 102 Å². The lowest BCUT2D eigenvalue weighted by Crippen LogP contribution is -2.06. The summed E-state index contributed by atoms with van der Waals surface area (Å²) < 4.78 is 5.22. The maximum atomic E-state index is 10.1. The molecule has 0 bridgehead atoms. The van der Waals surface area contributed by atoms with Gasteiger partial charge < -0.3 is 14.9 Å². The number of hydrogen-bond acceptors (Lipinski definition) is 3. The Kier molecular flexibility index (Phi) is 3.89. The van der Waals surface area contributed by atoms with Crippen LogP contribution in [-0.4, -0.2) is 17.3 Å². The normalized spacial score (nSPS) is 17.1. The molecule has 0 aliphatic heterocycles. The van der Waals surface area contributed by atoms with Gasteiger partial charge in [0.1, 0.15) is 11.5 Å². The van der Waals surface area contributed by atoms with Crippen molar-refractivity contribution in [3.05, 3.63) is 23.3 Å². The van der Waals surface area contributed by atoms with E-state index in [1.165, 1.54) is 19.3 Å². The summed E-state index contributed by atoms with van der Waals surface area (Å²) in [5.74, 6) is 1.37. The van der Waals surface area contributed by atoms with E-state index in [2.05, 4.69) is 0 Å². The van der Waals surface area contributed by atoms with Gasteiger partial charge in [0.25, 0.3) is 0 Å². The predicted molar refractivity (Wildman–Crippen MR) is 66.4 cm³/mol. The van der Waals surface area contributed by atoms with Gasteiger partial charge in [-0.15, -0.1) is 0 Å². The van der Waals surface area contributed by atoms with Gasteiger partial charge in [0, 0.05) is 11.1 Å². The quantitative estimate of drug-likeness (QED) is 0.848. The first-order valence-electron chi connectivity index (χ1n) is 6.27. The van der Waals surface area contributed by atoms with E-state index in [0.717, 1.165) is 18.4 Å². The minimum Gasteiger partial charge on any atom is -0.507 e. The van der Waals surface area contributed by atoms with Crippen molar-refractivity contribution in [1.29, 1.82) is 0 Å². The lowest BCUT2D eigenvalue weighted by molar-refractivity contribution is 0.273. The first-order chi connectivity index (χ1) is 8.26. The molecule has 3 heteroatoms. The van der Waals surface area contributed by atoms with E-state index >= 15 is 0 Å². The lowest BCUT2D eigenvalue weighted by Gasteiger charge is -2.24. The zero-order valence-electron chi connectivity index (χ0n) is 10.3. The summed E-state index contributed by atoms with van der Waals surface area (Å²) in [6.07, 6.45) is 5.96.